The van der Waals surface area contributed by atoms with Crippen LogP contribution in [0.4, 0.5) is 0 Å². The lowest BCUT2D eigenvalue weighted by molar-refractivity contribution is 0.208. The standard InChI is InChI=1S/C23H23N3O/c1-3-18-10-11-19(25-18)13-22-23(27-15-17-7-5-4-6-8-17)14-21(26-22)20-12-9-16(2)24-20/h4-14,24-25H,3,15H2,1-2H3. The van der Waals surface area contributed by atoms with Crippen LogP contribution in [0.3, 0.4) is 0 Å². The van der Waals surface area contributed by atoms with Gasteiger partial charge >= 0.3 is 0 Å². The molecule has 4 nitrogen and oxygen atoms in total. The lowest BCUT2D eigenvalue weighted by atomic mass is 10.2. The van der Waals surface area contributed by atoms with Gasteiger partial charge in [0.25, 0.3) is 0 Å². The third-order valence-electron chi connectivity index (χ3n) is 4.55. The molecule has 0 fully saturated rings. The maximum absolute atomic E-state index is 6.12. The van der Waals surface area contributed by atoms with E-state index < -0.39 is 0 Å². The van der Waals surface area contributed by atoms with Crippen LogP contribution < -0.4 is 0 Å². The van der Waals surface area contributed by atoms with Crippen LogP contribution in [0.15, 0.2) is 77.1 Å². The van der Waals surface area contributed by atoms with Crippen molar-refractivity contribution in [3.05, 3.63) is 100 Å². The van der Waals surface area contributed by atoms with Crippen molar-refractivity contribution in [1.29, 1.82) is 0 Å². The highest BCUT2D eigenvalue weighted by molar-refractivity contribution is 6.11. The number of hydrogen-bond donors (Lipinski definition) is 2. The summed E-state index contributed by atoms with van der Waals surface area (Å²) in [5.41, 5.74) is 7.20. The summed E-state index contributed by atoms with van der Waals surface area (Å²) >= 11 is 0. The monoisotopic (exact) mass is 357 g/mol. The molecule has 0 unspecified atom stereocenters. The third kappa shape index (κ3) is 3.95. The van der Waals surface area contributed by atoms with E-state index in [0.717, 1.165) is 46.2 Å². The zero-order valence-electron chi connectivity index (χ0n) is 15.6. The van der Waals surface area contributed by atoms with Gasteiger partial charge in [0.15, 0.2) is 0 Å². The van der Waals surface area contributed by atoms with E-state index in [9.17, 15) is 0 Å². The highest BCUT2D eigenvalue weighted by atomic mass is 16.5. The van der Waals surface area contributed by atoms with Gasteiger partial charge in [-0.05, 0) is 49.2 Å². The van der Waals surface area contributed by atoms with Crippen LogP contribution in [0.25, 0.3) is 6.08 Å². The van der Waals surface area contributed by atoms with E-state index in [2.05, 4.69) is 47.2 Å². The second kappa shape index (κ2) is 7.54. The molecule has 0 saturated heterocycles. The van der Waals surface area contributed by atoms with Crippen molar-refractivity contribution < 1.29 is 4.74 Å². The largest absolute Gasteiger partial charge is 0.487 e. The van der Waals surface area contributed by atoms with Gasteiger partial charge in [-0.2, -0.15) is 0 Å². The summed E-state index contributed by atoms with van der Waals surface area (Å²) in [4.78, 5) is 11.6. The zero-order valence-corrected chi connectivity index (χ0v) is 15.6. The highest BCUT2D eigenvalue weighted by Crippen LogP contribution is 2.26. The van der Waals surface area contributed by atoms with Crippen molar-refractivity contribution >= 4 is 11.8 Å². The number of aromatic nitrogens is 2. The molecule has 1 aliphatic rings. The zero-order chi connectivity index (χ0) is 18.6. The van der Waals surface area contributed by atoms with Crippen LogP contribution in [-0.2, 0) is 17.8 Å². The molecule has 1 aliphatic heterocycles. The molecule has 1 aromatic carbocycles. The van der Waals surface area contributed by atoms with Gasteiger partial charge in [-0.25, -0.2) is 4.99 Å². The number of H-pyrrole nitrogens is 2. The van der Waals surface area contributed by atoms with Gasteiger partial charge in [0.05, 0.1) is 11.4 Å². The van der Waals surface area contributed by atoms with E-state index in [0.29, 0.717) is 6.61 Å². The first-order valence-corrected chi connectivity index (χ1v) is 9.24. The number of aliphatic imine (C=N–C) groups is 1. The number of hydrogen-bond acceptors (Lipinski definition) is 2. The number of nitrogens with zero attached hydrogens (tertiary/aromatic N) is 1. The van der Waals surface area contributed by atoms with E-state index in [1.165, 1.54) is 5.69 Å². The number of nitrogens with one attached hydrogen (secondary N) is 2. The quantitative estimate of drug-likeness (QED) is 0.629. The average Bonchev–Trinajstić information content (AvgIpc) is 3.41. The normalized spacial score (nSPS) is 15.1. The predicted octanol–water partition coefficient (Wildman–Crippen LogP) is 5.16. The first-order valence-electron chi connectivity index (χ1n) is 9.24. The number of ether oxygens (including phenoxy) is 1. The second-order valence-corrected chi connectivity index (χ2v) is 6.66. The third-order valence-corrected chi connectivity index (χ3v) is 4.55. The summed E-state index contributed by atoms with van der Waals surface area (Å²) < 4.78 is 6.12. The fourth-order valence-electron chi connectivity index (χ4n) is 3.06. The molecule has 0 saturated carbocycles. The molecule has 2 aromatic heterocycles. The number of rotatable bonds is 6. The minimum absolute atomic E-state index is 0.515. The molecule has 0 aliphatic carbocycles. The van der Waals surface area contributed by atoms with Gasteiger partial charge in [-0.1, -0.05) is 37.3 Å². The van der Waals surface area contributed by atoms with Gasteiger partial charge in [0.1, 0.15) is 18.1 Å². The van der Waals surface area contributed by atoms with Gasteiger partial charge in [0, 0.05) is 23.2 Å². The number of benzene rings is 1. The first kappa shape index (κ1) is 17.2. The van der Waals surface area contributed by atoms with E-state index in [-0.39, 0.29) is 0 Å². The van der Waals surface area contributed by atoms with Gasteiger partial charge < -0.3 is 14.7 Å². The van der Waals surface area contributed by atoms with Gasteiger partial charge in [-0.3, -0.25) is 0 Å². The molecule has 136 valence electrons. The van der Waals surface area contributed by atoms with Crippen LogP contribution in [0.5, 0.6) is 0 Å². The second-order valence-electron chi connectivity index (χ2n) is 6.66. The number of allylic oxidation sites excluding steroid dienone is 1. The van der Waals surface area contributed by atoms with Crippen molar-refractivity contribution in [2.24, 2.45) is 4.99 Å². The molecule has 3 heterocycles. The van der Waals surface area contributed by atoms with Gasteiger partial charge in [-0.15, -0.1) is 0 Å². The first-order chi connectivity index (χ1) is 13.2. The average molecular weight is 357 g/mol. The van der Waals surface area contributed by atoms with E-state index in [1.807, 2.05) is 43.3 Å². The summed E-state index contributed by atoms with van der Waals surface area (Å²) in [6, 6.07) is 18.5. The summed E-state index contributed by atoms with van der Waals surface area (Å²) in [6.45, 7) is 4.69. The Morgan fingerprint density at radius 2 is 1.85 bits per heavy atom. The number of aromatic amines is 2. The Bertz CT molecular complexity index is 1020. The summed E-state index contributed by atoms with van der Waals surface area (Å²) in [5.74, 6) is 0.786. The highest BCUT2D eigenvalue weighted by Gasteiger charge is 2.18. The smallest absolute Gasteiger partial charge is 0.147 e. The Morgan fingerprint density at radius 1 is 1.00 bits per heavy atom. The molecule has 4 rings (SSSR count). The predicted molar refractivity (Wildman–Crippen MR) is 110 cm³/mol. The molecule has 0 atom stereocenters. The van der Waals surface area contributed by atoms with Crippen LogP contribution in [-0.4, -0.2) is 15.7 Å². The van der Waals surface area contributed by atoms with Gasteiger partial charge in [0.2, 0.25) is 0 Å². The maximum Gasteiger partial charge on any atom is 0.147 e. The number of aryl methyl sites for hydroxylation is 2. The molecule has 2 N–H and O–H groups in total. The molecule has 0 spiro atoms. The Morgan fingerprint density at radius 3 is 2.56 bits per heavy atom. The van der Waals surface area contributed by atoms with E-state index in [1.54, 1.807) is 0 Å². The molecule has 0 radical (unpaired) electrons. The van der Waals surface area contributed by atoms with Crippen molar-refractivity contribution in [2.45, 2.75) is 26.9 Å². The SMILES string of the molecule is CCc1ccc(C=C2N=C(c3ccc(C)[nH]3)C=C2OCc2ccccc2)[nH]1. The Hall–Kier alpha value is -3.27. The topological polar surface area (TPSA) is 53.2 Å². The molecule has 0 amide bonds. The summed E-state index contributed by atoms with van der Waals surface area (Å²) in [5, 5.41) is 0. The summed E-state index contributed by atoms with van der Waals surface area (Å²) in [6.07, 6.45) is 5.02. The lowest BCUT2D eigenvalue weighted by Crippen LogP contribution is -1.95. The lowest BCUT2D eigenvalue weighted by Gasteiger charge is -2.07. The fraction of sp³-hybridized carbons (Fsp3) is 0.174. The fourth-order valence-corrected chi connectivity index (χ4v) is 3.06. The van der Waals surface area contributed by atoms with Crippen molar-refractivity contribution in [1.82, 2.24) is 9.97 Å². The molecule has 27 heavy (non-hydrogen) atoms. The molecule has 4 heteroatoms. The maximum atomic E-state index is 6.12. The van der Waals surface area contributed by atoms with E-state index in [4.69, 9.17) is 9.73 Å². The Labute approximate surface area is 159 Å². The van der Waals surface area contributed by atoms with Crippen LogP contribution in [0, 0.1) is 6.92 Å². The molecule has 0 bridgehead atoms. The van der Waals surface area contributed by atoms with Crippen LogP contribution in [0.2, 0.25) is 0 Å². The molecular weight excluding hydrogens is 334 g/mol. The minimum atomic E-state index is 0.515. The van der Waals surface area contributed by atoms with Crippen LogP contribution >= 0.6 is 0 Å². The van der Waals surface area contributed by atoms with Crippen molar-refractivity contribution in [2.75, 3.05) is 0 Å². The minimum Gasteiger partial charge on any atom is -0.487 e. The van der Waals surface area contributed by atoms with E-state index >= 15 is 0 Å². The summed E-state index contributed by atoms with van der Waals surface area (Å²) in [7, 11) is 0. The molecular formula is C23H23N3O. The van der Waals surface area contributed by atoms with Crippen LogP contribution in [0.1, 0.15) is 35.3 Å². The Kier molecular flexibility index (Phi) is 4.79. The Balaban J connectivity index is 1.62. The van der Waals surface area contributed by atoms with Crippen molar-refractivity contribution in [3.63, 3.8) is 0 Å². The van der Waals surface area contributed by atoms with Crippen molar-refractivity contribution in [3.8, 4) is 0 Å². The molecule has 3 aromatic rings.